The maximum atomic E-state index is 12.3. The predicted octanol–water partition coefficient (Wildman–Crippen LogP) is 0.960. The Bertz CT molecular complexity index is 421. The minimum absolute atomic E-state index is 0.237. The third-order valence-corrected chi connectivity index (χ3v) is 2.73. The minimum atomic E-state index is -2.49. The van der Waals surface area contributed by atoms with Crippen LogP contribution in [0, 0.1) is 0 Å². The molecule has 2 rings (SSSR count). The van der Waals surface area contributed by atoms with Crippen LogP contribution in [0.25, 0.3) is 0 Å². The summed E-state index contributed by atoms with van der Waals surface area (Å²) >= 11 is 0. The van der Waals surface area contributed by atoms with Gasteiger partial charge in [0, 0.05) is 6.20 Å². The number of hydrogen-bond donors (Lipinski definition) is 1. The molecule has 0 aliphatic carbocycles. The van der Waals surface area contributed by atoms with Gasteiger partial charge in [-0.15, -0.1) is 0 Å². The van der Waals surface area contributed by atoms with Gasteiger partial charge in [0.15, 0.2) is 0 Å². The molecule has 1 amide bonds. The number of carbonyl (C=O) groups excluding carboxylic acids is 1. The van der Waals surface area contributed by atoms with E-state index in [2.05, 4.69) is 0 Å². The average Bonchev–Trinajstić information content (AvgIpc) is 2.60. The predicted molar refractivity (Wildman–Crippen MR) is 57.0 cm³/mol. The molecule has 1 aliphatic rings. The molecule has 94 valence electrons. The lowest BCUT2D eigenvalue weighted by atomic mass is 9.96. The van der Waals surface area contributed by atoms with Gasteiger partial charge in [-0.2, -0.15) is 0 Å². The van der Waals surface area contributed by atoms with E-state index in [4.69, 9.17) is 0 Å². The van der Waals surface area contributed by atoms with Crippen molar-refractivity contribution in [3.05, 3.63) is 24.0 Å². The summed E-state index contributed by atoms with van der Waals surface area (Å²) in [7, 11) is 0. The fourth-order valence-electron chi connectivity index (χ4n) is 2.00. The topological polar surface area (TPSA) is 45.5 Å². The molecular formula is C11H14F2N2O2. The summed E-state index contributed by atoms with van der Waals surface area (Å²) in [5.41, 5.74) is -0.615. The molecule has 1 fully saturated rings. The van der Waals surface area contributed by atoms with Gasteiger partial charge >= 0.3 is 0 Å². The summed E-state index contributed by atoms with van der Waals surface area (Å²) in [5, 5.41) is 9.52. The minimum Gasteiger partial charge on any atom is -0.386 e. The van der Waals surface area contributed by atoms with Crippen LogP contribution < -0.4 is 0 Å². The molecule has 17 heavy (non-hydrogen) atoms. The highest BCUT2D eigenvalue weighted by Crippen LogP contribution is 2.22. The maximum Gasteiger partial charge on any atom is 0.270 e. The van der Waals surface area contributed by atoms with Crippen LogP contribution in [-0.4, -0.2) is 45.6 Å². The van der Waals surface area contributed by atoms with Crippen LogP contribution in [0.2, 0.25) is 0 Å². The quantitative estimate of drug-likeness (QED) is 0.860. The Hall–Kier alpha value is -1.43. The number of β-amino-alcohol motifs (C(OH)–C–C–N with tert-alkyl or cyclic N) is 1. The zero-order chi connectivity index (χ0) is 12.6. The Morgan fingerprint density at radius 3 is 2.76 bits per heavy atom. The lowest BCUT2D eigenvalue weighted by Crippen LogP contribution is -2.61. The Morgan fingerprint density at radius 2 is 2.24 bits per heavy atom. The normalized spacial score (nSPS) is 18.3. The fourth-order valence-corrected chi connectivity index (χ4v) is 2.00. The zero-order valence-corrected chi connectivity index (χ0v) is 9.44. The number of aromatic nitrogens is 1. The first kappa shape index (κ1) is 12.0. The van der Waals surface area contributed by atoms with E-state index in [-0.39, 0.29) is 24.7 Å². The van der Waals surface area contributed by atoms with E-state index in [9.17, 15) is 18.7 Å². The molecule has 1 aromatic rings. The van der Waals surface area contributed by atoms with Crippen molar-refractivity contribution in [3.63, 3.8) is 0 Å². The highest BCUT2D eigenvalue weighted by atomic mass is 19.3. The van der Waals surface area contributed by atoms with Crippen LogP contribution in [0.5, 0.6) is 0 Å². The first-order valence-electron chi connectivity index (χ1n) is 5.34. The van der Waals surface area contributed by atoms with Crippen LogP contribution in [0.1, 0.15) is 17.4 Å². The van der Waals surface area contributed by atoms with Crippen LogP contribution in [0.3, 0.4) is 0 Å². The van der Waals surface area contributed by atoms with E-state index in [1.807, 2.05) is 0 Å². The van der Waals surface area contributed by atoms with Crippen LogP contribution in [0.15, 0.2) is 18.3 Å². The maximum absolute atomic E-state index is 12.3. The number of likely N-dealkylation sites (tertiary alicyclic amines) is 1. The standard InChI is InChI=1S/C11H14F2N2O2/c1-11(17)6-15(7-11)10(16)8-3-2-4-14(8)5-9(12)13/h2-4,9,17H,5-7H2,1H3. The molecule has 1 aromatic heterocycles. The van der Waals surface area contributed by atoms with E-state index < -0.39 is 18.6 Å². The summed E-state index contributed by atoms with van der Waals surface area (Å²) < 4.78 is 25.8. The molecule has 4 nitrogen and oxygen atoms in total. The monoisotopic (exact) mass is 244 g/mol. The Labute approximate surface area is 97.4 Å². The molecule has 2 heterocycles. The number of carbonyl (C=O) groups is 1. The van der Waals surface area contributed by atoms with Crippen molar-refractivity contribution < 1.29 is 18.7 Å². The molecule has 0 spiro atoms. The Kier molecular flexibility index (Phi) is 2.91. The molecule has 0 bridgehead atoms. The number of aliphatic hydroxyl groups is 1. The van der Waals surface area contributed by atoms with Gasteiger partial charge < -0.3 is 14.6 Å². The summed E-state index contributed by atoms with van der Waals surface area (Å²) in [5.74, 6) is -0.317. The van der Waals surface area contributed by atoms with Gasteiger partial charge in [-0.3, -0.25) is 4.79 Å². The highest BCUT2D eigenvalue weighted by Gasteiger charge is 2.40. The van der Waals surface area contributed by atoms with E-state index >= 15 is 0 Å². The molecule has 1 N–H and O–H groups in total. The van der Waals surface area contributed by atoms with E-state index in [0.717, 1.165) is 0 Å². The fraction of sp³-hybridized carbons (Fsp3) is 0.545. The molecule has 0 saturated carbocycles. The van der Waals surface area contributed by atoms with Crippen molar-refractivity contribution in [3.8, 4) is 0 Å². The van der Waals surface area contributed by atoms with Gasteiger partial charge in [0.25, 0.3) is 12.3 Å². The molecule has 1 saturated heterocycles. The first-order chi connectivity index (χ1) is 7.89. The SMILES string of the molecule is CC1(O)CN(C(=O)c2cccn2CC(F)F)C1. The van der Waals surface area contributed by atoms with Gasteiger partial charge in [-0.25, -0.2) is 8.78 Å². The largest absolute Gasteiger partial charge is 0.386 e. The zero-order valence-electron chi connectivity index (χ0n) is 9.44. The molecule has 1 aliphatic heterocycles. The number of halogens is 2. The molecule has 0 aromatic carbocycles. The van der Waals surface area contributed by atoms with Crippen molar-refractivity contribution in [1.29, 1.82) is 0 Å². The molecular weight excluding hydrogens is 230 g/mol. The number of amides is 1. The molecule has 0 unspecified atom stereocenters. The average molecular weight is 244 g/mol. The lowest BCUT2D eigenvalue weighted by Gasteiger charge is -2.44. The number of rotatable bonds is 3. The number of hydrogen-bond acceptors (Lipinski definition) is 2. The third kappa shape index (κ3) is 2.46. The van der Waals surface area contributed by atoms with Crippen LogP contribution >= 0.6 is 0 Å². The second kappa shape index (κ2) is 4.10. The smallest absolute Gasteiger partial charge is 0.270 e. The van der Waals surface area contributed by atoms with Crippen molar-refractivity contribution in [2.24, 2.45) is 0 Å². The van der Waals surface area contributed by atoms with Crippen LogP contribution in [-0.2, 0) is 6.54 Å². The van der Waals surface area contributed by atoms with Crippen molar-refractivity contribution in [1.82, 2.24) is 9.47 Å². The number of nitrogens with zero attached hydrogens (tertiary/aromatic N) is 2. The van der Waals surface area contributed by atoms with E-state index in [1.54, 1.807) is 13.0 Å². The lowest BCUT2D eigenvalue weighted by molar-refractivity contribution is -0.0673. The highest BCUT2D eigenvalue weighted by molar-refractivity contribution is 5.93. The summed E-state index contributed by atoms with van der Waals surface area (Å²) in [6.07, 6.45) is -1.04. The first-order valence-corrected chi connectivity index (χ1v) is 5.34. The Morgan fingerprint density at radius 1 is 1.59 bits per heavy atom. The summed E-state index contributed by atoms with van der Waals surface area (Å²) in [6, 6.07) is 3.07. The third-order valence-electron chi connectivity index (χ3n) is 2.73. The number of alkyl halides is 2. The van der Waals surface area contributed by atoms with Gasteiger partial charge in [-0.05, 0) is 19.1 Å². The van der Waals surface area contributed by atoms with Crippen LogP contribution in [0.4, 0.5) is 8.78 Å². The molecule has 0 atom stereocenters. The van der Waals surface area contributed by atoms with Gasteiger partial charge in [0.05, 0.1) is 25.2 Å². The Balaban J connectivity index is 2.07. The second-order valence-electron chi connectivity index (χ2n) is 4.60. The van der Waals surface area contributed by atoms with E-state index in [0.29, 0.717) is 0 Å². The second-order valence-corrected chi connectivity index (χ2v) is 4.60. The van der Waals surface area contributed by atoms with Gasteiger partial charge in [0.1, 0.15) is 5.69 Å². The summed E-state index contributed by atoms with van der Waals surface area (Å²) in [6.45, 7) is 1.63. The molecule has 6 heteroatoms. The van der Waals surface area contributed by atoms with Crippen molar-refractivity contribution in [2.75, 3.05) is 13.1 Å². The van der Waals surface area contributed by atoms with Crippen molar-refractivity contribution in [2.45, 2.75) is 25.5 Å². The molecule has 0 radical (unpaired) electrons. The summed E-state index contributed by atoms with van der Waals surface area (Å²) in [4.78, 5) is 13.4. The van der Waals surface area contributed by atoms with Crippen molar-refractivity contribution >= 4 is 5.91 Å². The van der Waals surface area contributed by atoms with Gasteiger partial charge in [-0.1, -0.05) is 0 Å². The van der Waals surface area contributed by atoms with Gasteiger partial charge in [0.2, 0.25) is 0 Å². The van der Waals surface area contributed by atoms with E-state index in [1.165, 1.54) is 21.7 Å².